The van der Waals surface area contributed by atoms with Gasteiger partial charge in [-0.3, -0.25) is 0 Å². The molecule has 2 aromatic heterocycles. The number of anilines is 3. The minimum Gasteiger partial charge on any atom is -0.478 e. The summed E-state index contributed by atoms with van der Waals surface area (Å²) in [6, 6.07) is 9.31. The molecule has 3 N–H and O–H groups in total. The fourth-order valence-corrected chi connectivity index (χ4v) is 3.29. The Kier molecular flexibility index (Phi) is 3.95. The average Bonchev–Trinajstić information content (AvgIpc) is 2.65. The van der Waals surface area contributed by atoms with E-state index >= 15 is 0 Å². The van der Waals surface area contributed by atoms with Crippen LogP contribution in [0.25, 0.3) is 0 Å². The monoisotopic (exact) mass is 351 g/mol. The lowest BCUT2D eigenvalue weighted by molar-refractivity contribution is 0.0696. The smallest absolute Gasteiger partial charge is 0.337 e. The van der Waals surface area contributed by atoms with Gasteiger partial charge in [0.2, 0.25) is 0 Å². The van der Waals surface area contributed by atoms with Crippen LogP contribution >= 0.6 is 11.8 Å². The number of nitrogens with one attached hydrogen (secondary N) is 2. The summed E-state index contributed by atoms with van der Waals surface area (Å²) in [6.07, 6.45) is 4.68. The van der Waals surface area contributed by atoms with Crippen LogP contribution in [0, 0.1) is 0 Å². The Labute approximate surface area is 147 Å². The summed E-state index contributed by atoms with van der Waals surface area (Å²) in [5, 5.41) is 16.2. The lowest BCUT2D eigenvalue weighted by Gasteiger charge is -2.19. The fraction of sp³-hybridized carbons (Fsp3) is 0.0588. The van der Waals surface area contributed by atoms with Gasteiger partial charge in [-0.1, -0.05) is 17.8 Å². The molecule has 0 bridgehead atoms. The van der Waals surface area contributed by atoms with Gasteiger partial charge in [-0.2, -0.15) is 0 Å². The molecule has 25 heavy (non-hydrogen) atoms. The van der Waals surface area contributed by atoms with Gasteiger partial charge in [-0.15, -0.1) is 0 Å². The highest BCUT2D eigenvalue weighted by Gasteiger charge is 2.17. The topological polar surface area (TPSA) is 100 Å². The number of hydrogen-bond acceptors (Lipinski definition) is 7. The third-order valence-corrected chi connectivity index (χ3v) is 4.72. The quantitative estimate of drug-likeness (QED) is 0.514. The molecule has 0 saturated heterocycles. The maximum Gasteiger partial charge on any atom is 0.337 e. The number of pyridine rings is 1. The lowest BCUT2D eigenvalue weighted by Crippen LogP contribution is -2.06. The van der Waals surface area contributed by atoms with Crippen LogP contribution in [0.3, 0.4) is 0 Å². The molecule has 8 heteroatoms. The molecule has 4 rings (SSSR count). The van der Waals surface area contributed by atoms with E-state index < -0.39 is 5.97 Å². The Morgan fingerprint density at radius 3 is 2.84 bits per heavy atom. The number of carbonyl (C=O) groups is 1. The van der Waals surface area contributed by atoms with E-state index in [9.17, 15) is 4.79 Å². The number of aromatic carboxylic acids is 1. The largest absolute Gasteiger partial charge is 0.478 e. The molecule has 0 saturated carbocycles. The maximum atomic E-state index is 10.8. The number of hydrogen-bond donors (Lipinski definition) is 3. The summed E-state index contributed by atoms with van der Waals surface area (Å²) in [5.41, 5.74) is 2.23. The van der Waals surface area contributed by atoms with Crippen molar-refractivity contribution >= 4 is 35.1 Å². The van der Waals surface area contributed by atoms with E-state index in [-0.39, 0.29) is 5.56 Å². The predicted octanol–water partition coefficient (Wildman–Crippen LogP) is 3.39. The zero-order valence-corrected chi connectivity index (χ0v) is 13.7. The van der Waals surface area contributed by atoms with Crippen molar-refractivity contribution in [2.45, 2.75) is 16.5 Å². The van der Waals surface area contributed by atoms with E-state index in [2.05, 4.69) is 31.7 Å². The third-order valence-electron chi connectivity index (χ3n) is 3.65. The van der Waals surface area contributed by atoms with E-state index in [1.807, 2.05) is 12.1 Å². The second-order valence-electron chi connectivity index (χ2n) is 5.36. The zero-order chi connectivity index (χ0) is 17.2. The molecular formula is C17H13N5O2S. The summed E-state index contributed by atoms with van der Waals surface area (Å²) in [4.78, 5) is 24.6. The molecule has 1 aromatic carbocycles. The Morgan fingerprint density at radius 2 is 2.04 bits per heavy atom. The molecule has 0 spiro atoms. The predicted molar refractivity (Wildman–Crippen MR) is 94.4 cm³/mol. The first-order valence-electron chi connectivity index (χ1n) is 7.51. The number of carboxylic acid groups (broad SMARTS) is 1. The van der Waals surface area contributed by atoms with Crippen molar-refractivity contribution in [3.05, 3.63) is 60.0 Å². The molecule has 1 aliphatic rings. The first kappa shape index (κ1) is 15.4. The van der Waals surface area contributed by atoms with Crippen LogP contribution in [0.4, 0.5) is 17.3 Å². The summed E-state index contributed by atoms with van der Waals surface area (Å²) in [5.74, 6) is 0.401. The number of rotatable bonds is 4. The van der Waals surface area contributed by atoms with Crippen molar-refractivity contribution in [3.8, 4) is 0 Å². The van der Waals surface area contributed by atoms with Crippen molar-refractivity contribution in [3.63, 3.8) is 0 Å². The summed E-state index contributed by atoms with van der Waals surface area (Å²) in [6.45, 7) is 0.576. The highest BCUT2D eigenvalue weighted by atomic mass is 32.2. The van der Waals surface area contributed by atoms with Crippen molar-refractivity contribution < 1.29 is 9.90 Å². The minimum absolute atomic E-state index is 0.167. The average molecular weight is 351 g/mol. The standard InChI is InChI=1S/C17H13N5O2S/c23-17(24)11-2-4-14(21-9-11)20-8-10-1-3-13-12(7-10)22-15-16(25-13)19-6-5-18-15/h1-7,9H,8H2,(H,18,22)(H,20,21)(H,23,24). The number of nitrogens with zero attached hydrogens (tertiary/aromatic N) is 3. The fourth-order valence-electron chi connectivity index (χ4n) is 2.41. The van der Waals surface area contributed by atoms with Crippen LogP contribution in [0.5, 0.6) is 0 Å². The van der Waals surface area contributed by atoms with E-state index in [1.165, 1.54) is 12.3 Å². The summed E-state index contributed by atoms with van der Waals surface area (Å²) in [7, 11) is 0. The van der Waals surface area contributed by atoms with Gasteiger partial charge in [0.15, 0.2) is 5.82 Å². The Balaban J connectivity index is 1.47. The summed E-state index contributed by atoms with van der Waals surface area (Å²) < 4.78 is 0. The number of carboxylic acids is 1. The van der Waals surface area contributed by atoms with Gasteiger partial charge in [0.05, 0.1) is 11.3 Å². The van der Waals surface area contributed by atoms with Gasteiger partial charge in [0, 0.05) is 30.0 Å². The van der Waals surface area contributed by atoms with E-state index in [0.29, 0.717) is 12.4 Å². The molecule has 7 nitrogen and oxygen atoms in total. The number of aromatic nitrogens is 3. The van der Waals surface area contributed by atoms with Crippen LogP contribution in [0.2, 0.25) is 0 Å². The molecule has 0 unspecified atom stereocenters. The van der Waals surface area contributed by atoms with Crippen LogP contribution in [0.15, 0.2) is 58.8 Å². The van der Waals surface area contributed by atoms with E-state index in [0.717, 1.165) is 27.0 Å². The van der Waals surface area contributed by atoms with Gasteiger partial charge >= 0.3 is 5.97 Å². The van der Waals surface area contributed by atoms with Crippen molar-refractivity contribution in [2.24, 2.45) is 0 Å². The zero-order valence-electron chi connectivity index (χ0n) is 12.9. The van der Waals surface area contributed by atoms with Crippen molar-refractivity contribution in [1.82, 2.24) is 15.0 Å². The molecule has 0 amide bonds. The van der Waals surface area contributed by atoms with Gasteiger partial charge < -0.3 is 15.7 Å². The molecule has 0 fully saturated rings. The highest BCUT2D eigenvalue weighted by Crippen LogP contribution is 2.41. The normalized spacial score (nSPS) is 11.8. The van der Waals surface area contributed by atoms with Crippen LogP contribution in [-0.2, 0) is 6.54 Å². The molecule has 0 aliphatic carbocycles. The highest BCUT2D eigenvalue weighted by molar-refractivity contribution is 7.99. The molecule has 3 aromatic rings. The molecule has 0 atom stereocenters. The Bertz CT molecular complexity index is 946. The Morgan fingerprint density at radius 1 is 1.16 bits per heavy atom. The van der Waals surface area contributed by atoms with Gasteiger partial charge in [0.1, 0.15) is 10.8 Å². The van der Waals surface area contributed by atoms with E-state index in [1.54, 1.807) is 30.2 Å². The molecule has 124 valence electrons. The first-order valence-corrected chi connectivity index (χ1v) is 8.33. The minimum atomic E-state index is -0.985. The first-order chi connectivity index (χ1) is 12.2. The number of benzene rings is 1. The SMILES string of the molecule is O=C(O)c1ccc(NCc2ccc3c(c2)Nc2nccnc2S3)nc1. The van der Waals surface area contributed by atoms with Crippen molar-refractivity contribution in [2.75, 3.05) is 10.6 Å². The second kappa shape index (κ2) is 6.40. The Hall–Kier alpha value is -3.13. The molecule has 0 radical (unpaired) electrons. The van der Waals surface area contributed by atoms with Crippen LogP contribution in [0.1, 0.15) is 15.9 Å². The molecule has 3 heterocycles. The summed E-state index contributed by atoms with van der Waals surface area (Å²) >= 11 is 1.59. The van der Waals surface area contributed by atoms with Gasteiger partial charge in [-0.05, 0) is 29.8 Å². The van der Waals surface area contributed by atoms with Crippen LogP contribution < -0.4 is 10.6 Å². The third kappa shape index (κ3) is 3.24. The second-order valence-corrected chi connectivity index (χ2v) is 6.39. The van der Waals surface area contributed by atoms with Gasteiger partial charge in [0.25, 0.3) is 0 Å². The van der Waals surface area contributed by atoms with Gasteiger partial charge in [-0.25, -0.2) is 19.7 Å². The molecular weight excluding hydrogens is 338 g/mol. The van der Waals surface area contributed by atoms with Crippen LogP contribution in [-0.4, -0.2) is 26.0 Å². The molecule has 1 aliphatic heterocycles. The maximum absolute atomic E-state index is 10.8. The van der Waals surface area contributed by atoms with Crippen molar-refractivity contribution in [1.29, 1.82) is 0 Å². The number of fused-ring (bicyclic) bond motifs is 2. The lowest BCUT2D eigenvalue weighted by atomic mass is 10.2. The van der Waals surface area contributed by atoms with E-state index in [4.69, 9.17) is 5.11 Å².